The molecule has 0 N–H and O–H groups in total. The third-order valence-corrected chi connectivity index (χ3v) is 4.61. The average Bonchev–Trinajstić information content (AvgIpc) is 3.12. The van der Waals surface area contributed by atoms with Gasteiger partial charge < -0.3 is 4.74 Å². The molecule has 0 bridgehead atoms. The molecule has 0 aliphatic carbocycles. The number of thiazole rings is 1. The van der Waals surface area contributed by atoms with Gasteiger partial charge in [-0.05, 0) is 30.3 Å². The van der Waals surface area contributed by atoms with Crippen molar-refractivity contribution >= 4 is 45.2 Å². The van der Waals surface area contributed by atoms with Gasteiger partial charge in [0.15, 0.2) is 6.61 Å². The minimum absolute atomic E-state index is 0.123. The van der Waals surface area contributed by atoms with E-state index in [9.17, 15) is 9.59 Å². The maximum absolute atomic E-state index is 12.3. The van der Waals surface area contributed by atoms with E-state index in [4.69, 9.17) is 10.00 Å². The molecule has 7 heteroatoms. The number of hydrogen-bond acceptors (Lipinski definition) is 6. The van der Waals surface area contributed by atoms with Crippen LogP contribution in [-0.4, -0.2) is 30.0 Å². The molecule has 0 atom stereocenters. The maximum Gasteiger partial charge on any atom is 0.331 e. The number of nitriles is 1. The van der Waals surface area contributed by atoms with Crippen molar-refractivity contribution in [2.45, 2.75) is 0 Å². The van der Waals surface area contributed by atoms with Crippen molar-refractivity contribution in [3.63, 3.8) is 0 Å². The number of rotatable bonds is 6. The molecule has 6 nitrogen and oxygen atoms in total. The Labute approximate surface area is 159 Å². The molecule has 0 aliphatic heterocycles. The Morgan fingerprint density at radius 3 is 2.63 bits per heavy atom. The fraction of sp³-hybridized carbons (Fsp3) is 0.100. The predicted molar refractivity (Wildman–Crippen MR) is 104 cm³/mol. The number of para-hydroxylation sites is 2. The number of fused-ring (bicyclic) bond motifs is 1. The lowest BCUT2D eigenvalue weighted by Crippen LogP contribution is -2.34. The normalized spacial score (nSPS) is 10.6. The number of nitrogens with zero attached hydrogens (tertiary/aromatic N) is 3. The summed E-state index contributed by atoms with van der Waals surface area (Å²) in [5.41, 5.74) is 1.44. The summed E-state index contributed by atoms with van der Waals surface area (Å²) in [7, 11) is 0. The molecule has 134 valence electrons. The van der Waals surface area contributed by atoms with Gasteiger partial charge in [-0.2, -0.15) is 5.26 Å². The molecule has 0 spiro atoms. The van der Waals surface area contributed by atoms with Crippen LogP contribution in [-0.2, 0) is 14.3 Å². The molecule has 27 heavy (non-hydrogen) atoms. The molecule has 0 unspecified atom stereocenters. The van der Waals surface area contributed by atoms with E-state index < -0.39 is 18.5 Å². The number of aromatic nitrogens is 1. The minimum Gasteiger partial charge on any atom is -0.452 e. The van der Waals surface area contributed by atoms with E-state index in [-0.39, 0.29) is 6.54 Å². The number of benzene rings is 2. The van der Waals surface area contributed by atoms with Crippen molar-refractivity contribution in [2.24, 2.45) is 0 Å². The molecule has 3 rings (SSSR count). The quantitative estimate of drug-likeness (QED) is 0.373. The predicted octanol–water partition coefficient (Wildman–Crippen LogP) is 3.41. The van der Waals surface area contributed by atoms with Gasteiger partial charge in [0.05, 0.1) is 16.3 Å². The lowest BCUT2D eigenvalue weighted by atomic mass is 10.3. The topological polar surface area (TPSA) is 83.3 Å². The zero-order chi connectivity index (χ0) is 19.1. The number of amides is 1. The second-order valence-electron chi connectivity index (χ2n) is 5.43. The highest BCUT2D eigenvalue weighted by Crippen LogP contribution is 2.22. The molecule has 1 amide bonds. The van der Waals surface area contributed by atoms with Gasteiger partial charge in [0.25, 0.3) is 5.91 Å². The Kier molecular flexibility index (Phi) is 5.92. The van der Waals surface area contributed by atoms with Crippen LogP contribution in [0.25, 0.3) is 16.3 Å². The van der Waals surface area contributed by atoms with E-state index in [1.807, 2.05) is 36.4 Å². The van der Waals surface area contributed by atoms with Crippen LogP contribution in [0.4, 0.5) is 5.69 Å². The Bertz CT molecular complexity index is 989. The first kappa shape index (κ1) is 18.3. The highest BCUT2D eigenvalue weighted by molar-refractivity contribution is 7.19. The van der Waals surface area contributed by atoms with Crippen molar-refractivity contribution in [2.75, 3.05) is 18.1 Å². The van der Waals surface area contributed by atoms with Gasteiger partial charge in [-0.15, -0.1) is 11.3 Å². The van der Waals surface area contributed by atoms with Crippen molar-refractivity contribution in [1.82, 2.24) is 4.98 Å². The van der Waals surface area contributed by atoms with Gasteiger partial charge in [-0.3, -0.25) is 9.69 Å². The first-order chi connectivity index (χ1) is 13.2. The first-order valence-corrected chi connectivity index (χ1v) is 8.92. The molecule has 3 aromatic rings. The molecule has 0 saturated heterocycles. The van der Waals surface area contributed by atoms with Gasteiger partial charge in [-0.1, -0.05) is 30.3 Å². The highest BCUT2D eigenvalue weighted by atomic mass is 32.1. The summed E-state index contributed by atoms with van der Waals surface area (Å²) in [4.78, 5) is 29.8. The van der Waals surface area contributed by atoms with Crippen LogP contribution in [0.5, 0.6) is 0 Å². The Morgan fingerprint density at radius 1 is 1.15 bits per heavy atom. The largest absolute Gasteiger partial charge is 0.452 e. The van der Waals surface area contributed by atoms with Crippen LogP contribution in [0.2, 0.25) is 0 Å². The summed E-state index contributed by atoms with van der Waals surface area (Å²) in [6, 6.07) is 18.4. The van der Waals surface area contributed by atoms with Crippen LogP contribution < -0.4 is 4.90 Å². The van der Waals surface area contributed by atoms with Crippen LogP contribution in [0.1, 0.15) is 5.01 Å². The summed E-state index contributed by atoms with van der Waals surface area (Å²) >= 11 is 1.46. The van der Waals surface area contributed by atoms with E-state index in [1.165, 1.54) is 22.3 Å². The molecular weight excluding hydrogens is 362 g/mol. The summed E-state index contributed by atoms with van der Waals surface area (Å²) < 4.78 is 6.02. The van der Waals surface area contributed by atoms with Crippen LogP contribution in [0.15, 0.2) is 60.7 Å². The fourth-order valence-corrected chi connectivity index (χ4v) is 3.23. The number of carbonyl (C=O) groups excluding carboxylic acids is 2. The second kappa shape index (κ2) is 8.74. The summed E-state index contributed by atoms with van der Waals surface area (Å²) in [5.74, 6) is -1.11. The SMILES string of the molecule is N#CCN(C(=O)COC(=O)/C=C/c1nc2ccccc2s1)c1ccccc1. The van der Waals surface area contributed by atoms with Crippen molar-refractivity contribution in [3.05, 3.63) is 65.7 Å². The van der Waals surface area contributed by atoms with Gasteiger partial charge in [0.2, 0.25) is 0 Å². The van der Waals surface area contributed by atoms with Gasteiger partial charge >= 0.3 is 5.97 Å². The monoisotopic (exact) mass is 377 g/mol. The number of anilines is 1. The highest BCUT2D eigenvalue weighted by Gasteiger charge is 2.16. The van der Waals surface area contributed by atoms with Crippen LogP contribution >= 0.6 is 11.3 Å². The van der Waals surface area contributed by atoms with Gasteiger partial charge in [0.1, 0.15) is 11.6 Å². The summed E-state index contributed by atoms with van der Waals surface area (Å²) in [6.45, 7) is -0.568. The molecule has 0 saturated carbocycles. The Hall–Kier alpha value is -3.50. The maximum atomic E-state index is 12.3. The zero-order valence-electron chi connectivity index (χ0n) is 14.2. The second-order valence-corrected chi connectivity index (χ2v) is 6.50. The molecule has 1 heterocycles. The number of ether oxygens (including phenoxy) is 1. The van der Waals surface area contributed by atoms with E-state index in [1.54, 1.807) is 30.3 Å². The third kappa shape index (κ3) is 4.77. The van der Waals surface area contributed by atoms with E-state index >= 15 is 0 Å². The lowest BCUT2D eigenvalue weighted by Gasteiger charge is -2.19. The molecule has 1 aromatic heterocycles. The van der Waals surface area contributed by atoms with Crippen molar-refractivity contribution in [1.29, 1.82) is 5.26 Å². The summed E-state index contributed by atoms with van der Waals surface area (Å²) in [6.07, 6.45) is 2.80. The smallest absolute Gasteiger partial charge is 0.331 e. The minimum atomic E-state index is -0.646. The lowest BCUT2D eigenvalue weighted by molar-refractivity contribution is -0.142. The van der Waals surface area contributed by atoms with Crippen LogP contribution in [0, 0.1) is 11.3 Å². The van der Waals surface area contributed by atoms with E-state index in [0.717, 1.165) is 10.2 Å². The first-order valence-electron chi connectivity index (χ1n) is 8.10. The average molecular weight is 377 g/mol. The fourth-order valence-electron chi connectivity index (χ4n) is 2.36. The van der Waals surface area contributed by atoms with E-state index in [0.29, 0.717) is 10.7 Å². The summed E-state index contributed by atoms with van der Waals surface area (Å²) in [5, 5.41) is 9.60. The molecule has 0 aliphatic rings. The van der Waals surface area contributed by atoms with Gasteiger partial charge in [-0.25, -0.2) is 9.78 Å². The number of hydrogen-bond donors (Lipinski definition) is 0. The number of carbonyl (C=O) groups is 2. The Balaban J connectivity index is 1.59. The molecule has 2 aromatic carbocycles. The number of esters is 1. The standard InChI is InChI=1S/C20H15N3O3S/c21-12-13-23(15-6-2-1-3-7-15)19(24)14-26-20(25)11-10-18-22-16-8-4-5-9-17(16)27-18/h1-11H,13-14H2/b11-10+. The van der Waals surface area contributed by atoms with E-state index in [2.05, 4.69) is 4.98 Å². The van der Waals surface area contributed by atoms with Crippen molar-refractivity contribution < 1.29 is 14.3 Å². The van der Waals surface area contributed by atoms with Crippen LogP contribution in [0.3, 0.4) is 0 Å². The Morgan fingerprint density at radius 2 is 1.89 bits per heavy atom. The molecule has 0 radical (unpaired) electrons. The molecule has 0 fully saturated rings. The third-order valence-electron chi connectivity index (χ3n) is 3.61. The zero-order valence-corrected chi connectivity index (χ0v) is 15.1. The van der Waals surface area contributed by atoms with Gasteiger partial charge in [0, 0.05) is 11.8 Å². The molecular formula is C20H15N3O3S. The van der Waals surface area contributed by atoms with Crippen molar-refractivity contribution in [3.8, 4) is 6.07 Å².